The van der Waals surface area contributed by atoms with Gasteiger partial charge < -0.3 is 15.0 Å². The molecule has 4 aliphatic rings. The Balaban J connectivity index is 0.000000568. The predicted molar refractivity (Wildman–Crippen MR) is 128 cm³/mol. The Morgan fingerprint density at radius 3 is 2.25 bits per heavy atom. The highest BCUT2D eigenvalue weighted by Gasteiger charge is 2.59. The molecule has 0 aromatic rings. The summed E-state index contributed by atoms with van der Waals surface area (Å²) in [5.41, 5.74) is 1.70. The van der Waals surface area contributed by atoms with Gasteiger partial charge in [0.25, 0.3) is 0 Å². The minimum Gasteiger partial charge on any atom is -0.400 e. The molecule has 0 saturated heterocycles. The average Bonchev–Trinajstić information content (AvgIpc) is 3.19. The van der Waals surface area contributed by atoms with Gasteiger partial charge in [0.05, 0.1) is 0 Å². The number of carbonyl (C=O) groups is 3. The maximum Gasteiger partial charge on any atom is 0.161 e. The first kappa shape index (κ1) is 28.7. The van der Waals surface area contributed by atoms with Crippen molar-refractivity contribution >= 4 is 17.9 Å². The van der Waals surface area contributed by atoms with Gasteiger partial charge >= 0.3 is 0 Å². The van der Waals surface area contributed by atoms with Crippen LogP contribution in [0, 0.1) is 34.5 Å². The van der Waals surface area contributed by atoms with Crippen LogP contribution >= 0.6 is 0 Å². The zero-order chi connectivity index (χ0) is 24.5. The molecule has 0 radical (unpaired) electrons. The van der Waals surface area contributed by atoms with Gasteiger partial charge in [-0.25, -0.2) is 0 Å². The van der Waals surface area contributed by atoms with E-state index in [9.17, 15) is 19.5 Å². The molecule has 5 nitrogen and oxygen atoms in total. The highest BCUT2D eigenvalue weighted by molar-refractivity contribution is 5.91. The molecule has 0 amide bonds. The van der Waals surface area contributed by atoms with Gasteiger partial charge in [0.1, 0.15) is 12.9 Å². The lowest BCUT2D eigenvalue weighted by Gasteiger charge is -2.58. The number of fused-ring (bicyclic) bond motifs is 5. The first-order valence-electron chi connectivity index (χ1n) is 12.6. The first-order chi connectivity index (χ1) is 15.3. The van der Waals surface area contributed by atoms with E-state index < -0.39 is 0 Å². The second kappa shape index (κ2) is 12.8. The molecule has 0 aromatic carbocycles. The highest BCUT2D eigenvalue weighted by Crippen LogP contribution is 2.66. The molecule has 6 atom stereocenters. The molecule has 184 valence electrons. The zero-order valence-corrected chi connectivity index (χ0v) is 21.2. The summed E-state index contributed by atoms with van der Waals surface area (Å²) in [6.07, 6.45) is 11.8. The van der Waals surface area contributed by atoms with E-state index in [0.717, 1.165) is 45.5 Å². The molecule has 2 N–H and O–H groups in total. The van der Waals surface area contributed by atoms with Crippen LogP contribution in [0.1, 0.15) is 92.4 Å². The lowest BCUT2D eigenvalue weighted by atomic mass is 9.46. The van der Waals surface area contributed by atoms with Crippen LogP contribution in [0.25, 0.3) is 0 Å². The quantitative estimate of drug-likeness (QED) is 0.595. The van der Waals surface area contributed by atoms with Crippen LogP contribution in [-0.2, 0) is 14.4 Å². The first-order valence-corrected chi connectivity index (χ1v) is 12.6. The van der Waals surface area contributed by atoms with Crippen molar-refractivity contribution in [1.82, 2.24) is 0 Å². The number of Topliss-reactive ketones (excluding diaryl/α,β-unsaturated/α-hetero) is 1. The normalized spacial score (nSPS) is 36.8. The van der Waals surface area contributed by atoms with Crippen LogP contribution in [0.3, 0.4) is 0 Å². The second-order valence-corrected chi connectivity index (χ2v) is 9.84. The summed E-state index contributed by atoms with van der Waals surface area (Å²) >= 11 is 0. The van der Waals surface area contributed by atoms with Gasteiger partial charge in [-0.05, 0) is 79.6 Å². The van der Waals surface area contributed by atoms with E-state index >= 15 is 0 Å². The van der Waals surface area contributed by atoms with E-state index in [-0.39, 0.29) is 29.1 Å². The maximum atomic E-state index is 12.3. The summed E-state index contributed by atoms with van der Waals surface area (Å²) in [5, 5.41) is 16.4. The molecule has 0 aliphatic heterocycles. The van der Waals surface area contributed by atoms with E-state index in [1.54, 1.807) is 0 Å². The number of hydrogen-bond acceptors (Lipinski definition) is 5. The zero-order valence-electron chi connectivity index (χ0n) is 21.2. The molecule has 4 rings (SSSR count). The lowest BCUT2D eigenvalue weighted by molar-refractivity contribution is -0.133. The van der Waals surface area contributed by atoms with Gasteiger partial charge in [0.2, 0.25) is 0 Å². The third-order valence-electron chi connectivity index (χ3n) is 8.67. The molecular weight excluding hydrogens is 404 g/mol. The Morgan fingerprint density at radius 2 is 1.69 bits per heavy atom. The summed E-state index contributed by atoms with van der Waals surface area (Å²) < 4.78 is 0. The molecule has 5 heteroatoms. The Labute approximate surface area is 195 Å². The molecule has 6 unspecified atom stereocenters. The van der Waals surface area contributed by atoms with Crippen LogP contribution in [0.2, 0.25) is 0 Å². The number of aliphatic hydroxyl groups excluding tert-OH is 2. The van der Waals surface area contributed by atoms with Gasteiger partial charge in [-0.3, -0.25) is 9.59 Å². The van der Waals surface area contributed by atoms with Crippen LogP contribution in [0.4, 0.5) is 0 Å². The van der Waals surface area contributed by atoms with Crippen LogP contribution in [-0.4, -0.2) is 41.8 Å². The summed E-state index contributed by atoms with van der Waals surface area (Å²) in [4.78, 5) is 33.3. The fourth-order valence-corrected chi connectivity index (χ4v) is 7.20. The predicted octanol–water partition coefficient (Wildman–Crippen LogP) is 4.93. The molecule has 0 spiro atoms. The van der Waals surface area contributed by atoms with Crippen LogP contribution in [0.15, 0.2) is 11.6 Å². The fraction of sp³-hybridized carbons (Fsp3) is 0.815. The molecule has 0 bridgehead atoms. The average molecular weight is 451 g/mol. The summed E-state index contributed by atoms with van der Waals surface area (Å²) in [6.45, 7) is 10.2. The van der Waals surface area contributed by atoms with Crippen LogP contribution in [0.5, 0.6) is 0 Å². The Hall–Kier alpha value is -1.33. The summed E-state index contributed by atoms with van der Waals surface area (Å²) in [5.74, 6) is 2.42. The number of carbonyl (C=O) groups excluding carboxylic acids is 3. The van der Waals surface area contributed by atoms with Crippen molar-refractivity contribution in [2.45, 2.75) is 92.4 Å². The molecule has 0 aromatic heterocycles. The standard InChI is InChI=1S/C21H30O3.C3H6O.C2H6.CH4O/c1-20-9-7-14(23)11-13(20)3-4-15-16-5-6-18(19(24)12-22)21(16,2)10-8-17(15)20;1-2-3-4;2*1-2/h11,15-18,22H,3-10,12H2,1-2H3;3H,2H2,1H3;1-2H3;2H,1H3. The Bertz CT molecular complexity index is 669. The molecule has 4 aliphatic carbocycles. The third kappa shape index (κ3) is 5.41. The van der Waals surface area contributed by atoms with E-state index in [4.69, 9.17) is 5.11 Å². The van der Waals surface area contributed by atoms with Gasteiger partial charge in [-0.1, -0.05) is 40.2 Å². The van der Waals surface area contributed by atoms with Crippen molar-refractivity contribution in [1.29, 1.82) is 0 Å². The van der Waals surface area contributed by atoms with Crippen molar-refractivity contribution in [3.63, 3.8) is 0 Å². The van der Waals surface area contributed by atoms with Crippen molar-refractivity contribution in [2.75, 3.05) is 13.7 Å². The Morgan fingerprint density at radius 1 is 1.06 bits per heavy atom. The minimum absolute atomic E-state index is 0.0596. The largest absolute Gasteiger partial charge is 0.400 e. The van der Waals surface area contributed by atoms with Crippen LogP contribution < -0.4 is 0 Å². The number of hydrogen-bond donors (Lipinski definition) is 2. The summed E-state index contributed by atoms with van der Waals surface area (Å²) in [6, 6.07) is 0. The van der Waals surface area contributed by atoms with Gasteiger partial charge in [-0.2, -0.15) is 0 Å². The smallest absolute Gasteiger partial charge is 0.161 e. The molecule has 3 fully saturated rings. The topological polar surface area (TPSA) is 91.7 Å². The maximum absolute atomic E-state index is 12.3. The monoisotopic (exact) mass is 450 g/mol. The van der Waals surface area contributed by atoms with Crippen molar-refractivity contribution < 1.29 is 24.6 Å². The molecular formula is C27H46O5. The van der Waals surface area contributed by atoms with E-state index in [1.807, 2.05) is 26.8 Å². The minimum atomic E-state index is -0.298. The van der Waals surface area contributed by atoms with Gasteiger partial charge in [-0.15, -0.1) is 0 Å². The lowest BCUT2D eigenvalue weighted by Crippen LogP contribution is -2.51. The van der Waals surface area contributed by atoms with E-state index in [0.29, 0.717) is 36.4 Å². The van der Waals surface area contributed by atoms with Gasteiger partial charge in [0, 0.05) is 25.9 Å². The van der Waals surface area contributed by atoms with E-state index in [1.165, 1.54) is 18.4 Å². The van der Waals surface area contributed by atoms with Crippen molar-refractivity contribution in [3.05, 3.63) is 11.6 Å². The molecule has 32 heavy (non-hydrogen) atoms. The second-order valence-electron chi connectivity index (χ2n) is 9.84. The van der Waals surface area contributed by atoms with E-state index in [2.05, 4.69) is 13.8 Å². The van der Waals surface area contributed by atoms with Crippen molar-refractivity contribution in [2.24, 2.45) is 34.5 Å². The number of ketones is 2. The molecule has 3 saturated carbocycles. The van der Waals surface area contributed by atoms with Crippen molar-refractivity contribution in [3.8, 4) is 0 Å². The van der Waals surface area contributed by atoms with Gasteiger partial charge in [0.15, 0.2) is 11.6 Å². The number of aliphatic hydroxyl groups is 2. The molecule has 0 heterocycles. The summed E-state index contributed by atoms with van der Waals surface area (Å²) in [7, 11) is 1.00. The number of aldehydes is 1. The SMILES string of the molecule is CC.CC12CCC(=O)C=C1CCC1C2CCC2(C)C(C(=O)CO)CCC12.CCC=O.CO. The number of allylic oxidation sites excluding steroid dienone is 1. The highest BCUT2D eigenvalue weighted by atomic mass is 16.3. The fourth-order valence-electron chi connectivity index (χ4n) is 7.20. The third-order valence-corrected chi connectivity index (χ3v) is 8.67. The Kier molecular flexibility index (Phi) is 11.5. The number of rotatable bonds is 3.